The van der Waals surface area contributed by atoms with E-state index in [2.05, 4.69) is 6.92 Å². The molecule has 26 heavy (non-hydrogen) atoms. The SMILES string of the molecule is CCCCCCCCCCCCc1ccc(S(=O)(=O)[O-])c(CCC)c1.[K+]. The molecule has 0 amide bonds. The molecule has 0 spiro atoms. The maximum atomic E-state index is 11.3. The minimum atomic E-state index is -4.37. The quantitative estimate of drug-likeness (QED) is 0.271. The zero-order valence-corrected chi connectivity index (χ0v) is 21.0. The van der Waals surface area contributed by atoms with E-state index in [-0.39, 0.29) is 56.3 Å². The molecular weight excluding hydrogens is 371 g/mol. The summed E-state index contributed by atoms with van der Waals surface area (Å²) in [5.41, 5.74) is 1.83. The molecule has 0 fully saturated rings. The largest absolute Gasteiger partial charge is 1.00 e. The molecule has 144 valence electrons. The van der Waals surface area contributed by atoms with Crippen LogP contribution in [0.25, 0.3) is 0 Å². The molecule has 1 rings (SSSR count). The second-order valence-electron chi connectivity index (χ2n) is 7.08. The molecule has 0 N–H and O–H groups in total. The predicted octanol–water partition coefficient (Wildman–Crippen LogP) is 3.01. The van der Waals surface area contributed by atoms with Crippen molar-refractivity contribution >= 4 is 10.1 Å². The average molecular weight is 407 g/mol. The minimum absolute atomic E-state index is 0. The van der Waals surface area contributed by atoms with Crippen LogP contribution in [0, 0.1) is 0 Å². The van der Waals surface area contributed by atoms with Crippen LogP contribution in [0.5, 0.6) is 0 Å². The van der Waals surface area contributed by atoms with E-state index in [9.17, 15) is 13.0 Å². The van der Waals surface area contributed by atoms with Gasteiger partial charge in [0, 0.05) is 0 Å². The molecule has 0 atom stereocenters. The molecule has 0 aliphatic carbocycles. The van der Waals surface area contributed by atoms with Crippen LogP contribution in [-0.4, -0.2) is 13.0 Å². The summed E-state index contributed by atoms with van der Waals surface area (Å²) in [4.78, 5) is -0.0406. The van der Waals surface area contributed by atoms with Gasteiger partial charge < -0.3 is 4.55 Å². The first kappa shape index (κ1) is 26.8. The Bertz CT molecular complexity index is 585. The van der Waals surface area contributed by atoms with Gasteiger partial charge in [-0.3, -0.25) is 0 Å². The molecule has 0 saturated carbocycles. The molecule has 0 aromatic heterocycles. The first-order valence-electron chi connectivity index (χ1n) is 10.1. The Hall–Kier alpha value is 0.766. The van der Waals surface area contributed by atoms with Gasteiger partial charge in [-0.25, -0.2) is 8.42 Å². The molecule has 0 heterocycles. The van der Waals surface area contributed by atoms with Crippen molar-refractivity contribution in [3.8, 4) is 0 Å². The van der Waals surface area contributed by atoms with Crippen LogP contribution in [-0.2, 0) is 23.0 Å². The van der Waals surface area contributed by atoms with E-state index in [1.807, 2.05) is 13.0 Å². The Morgan fingerprint density at radius 3 is 1.81 bits per heavy atom. The van der Waals surface area contributed by atoms with E-state index in [1.54, 1.807) is 6.07 Å². The fourth-order valence-corrected chi connectivity index (χ4v) is 4.03. The molecule has 0 aliphatic heterocycles. The number of unbranched alkanes of at least 4 members (excludes halogenated alkanes) is 9. The van der Waals surface area contributed by atoms with Gasteiger partial charge in [-0.2, -0.15) is 0 Å². The smallest absolute Gasteiger partial charge is 0.744 e. The van der Waals surface area contributed by atoms with Gasteiger partial charge >= 0.3 is 51.4 Å². The van der Waals surface area contributed by atoms with Crippen molar-refractivity contribution in [2.24, 2.45) is 0 Å². The number of benzene rings is 1. The molecule has 0 saturated heterocycles. The Morgan fingerprint density at radius 2 is 1.31 bits per heavy atom. The number of hydrogen-bond donors (Lipinski definition) is 0. The van der Waals surface area contributed by atoms with Crippen molar-refractivity contribution in [3.63, 3.8) is 0 Å². The molecule has 3 nitrogen and oxygen atoms in total. The Kier molecular flexibility index (Phi) is 16.1. The van der Waals surface area contributed by atoms with Crippen molar-refractivity contribution in [1.29, 1.82) is 0 Å². The van der Waals surface area contributed by atoms with Gasteiger partial charge in [0.2, 0.25) is 0 Å². The summed E-state index contributed by atoms with van der Waals surface area (Å²) < 4.78 is 34.0. The normalized spacial score (nSPS) is 11.3. The topological polar surface area (TPSA) is 57.2 Å². The Labute approximate surface area is 203 Å². The zero-order chi connectivity index (χ0) is 18.5. The van der Waals surface area contributed by atoms with Crippen LogP contribution >= 0.6 is 0 Å². The van der Waals surface area contributed by atoms with Gasteiger partial charge in [0.15, 0.2) is 0 Å². The summed E-state index contributed by atoms with van der Waals surface area (Å²) in [6, 6.07) is 5.22. The summed E-state index contributed by atoms with van der Waals surface area (Å²) in [5.74, 6) is 0. The number of hydrogen-bond acceptors (Lipinski definition) is 3. The van der Waals surface area contributed by atoms with Gasteiger partial charge in [0.05, 0.1) is 4.90 Å². The van der Waals surface area contributed by atoms with Crippen LogP contribution in [0.3, 0.4) is 0 Å². The standard InChI is InChI=1S/C21H36O3S.K/c1-3-5-6-7-8-9-10-11-12-13-15-19-16-17-21(25(22,23)24)20(18-19)14-4-2;/h16-18H,3-15H2,1-2H3,(H,22,23,24);/q;+1/p-1. The van der Waals surface area contributed by atoms with E-state index < -0.39 is 10.1 Å². The van der Waals surface area contributed by atoms with Gasteiger partial charge in [-0.05, 0) is 36.5 Å². The second kappa shape index (κ2) is 15.7. The summed E-state index contributed by atoms with van der Waals surface area (Å²) in [5, 5.41) is 0. The third kappa shape index (κ3) is 11.6. The maximum absolute atomic E-state index is 11.3. The number of rotatable bonds is 14. The average Bonchev–Trinajstić information content (AvgIpc) is 2.56. The van der Waals surface area contributed by atoms with Crippen LogP contribution < -0.4 is 51.4 Å². The van der Waals surface area contributed by atoms with E-state index in [4.69, 9.17) is 0 Å². The molecule has 0 aliphatic rings. The molecule has 0 radical (unpaired) electrons. The summed E-state index contributed by atoms with van der Waals surface area (Å²) >= 11 is 0. The van der Waals surface area contributed by atoms with E-state index in [0.29, 0.717) is 12.0 Å². The van der Waals surface area contributed by atoms with E-state index >= 15 is 0 Å². The number of aryl methyl sites for hydroxylation is 2. The minimum Gasteiger partial charge on any atom is -0.744 e. The predicted molar refractivity (Wildman–Crippen MR) is 104 cm³/mol. The van der Waals surface area contributed by atoms with Gasteiger partial charge in [0.1, 0.15) is 10.1 Å². The van der Waals surface area contributed by atoms with Crippen LogP contribution in [0.1, 0.15) is 95.6 Å². The molecule has 0 bridgehead atoms. The molecule has 0 unspecified atom stereocenters. The van der Waals surface area contributed by atoms with Crippen LogP contribution in [0.15, 0.2) is 23.1 Å². The first-order valence-corrected chi connectivity index (χ1v) is 11.5. The summed E-state index contributed by atoms with van der Waals surface area (Å²) in [6.07, 6.45) is 15.5. The van der Waals surface area contributed by atoms with E-state index in [1.165, 1.54) is 63.9 Å². The molecule has 1 aromatic rings. The van der Waals surface area contributed by atoms with Crippen molar-refractivity contribution in [2.45, 2.75) is 102 Å². The van der Waals surface area contributed by atoms with Gasteiger partial charge in [-0.1, -0.05) is 90.2 Å². The van der Waals surface area contributed by atoms with Crippen molar-refractivity contribution < 1.29 is 64.4 Å². The monoisotopic (exact) mass is 406 g/mol. The summed E-state index contributed by atoms with van der Waals surface area (Å²) in [7, 11) is -4.37. The Balaban J connectivity index is 0.00000625. The molecular formula is C21H35KO3S. The van der Waals surface area contributed by atoms with E-state index in [0.717, 1.165) is 24.8 Å². The fraction of sp³-hybridized carbons (Fsp3) is 0.714. The maximum Gasteiger partial charge on any atom is 1.00 e. The van der Waals surface area contributed by atoms with Gasteiger partial charge in [-0.15, -0.1) is 0 Å². The van der Waals surface area contributed by atoms with Crippen LogP contribution in [0.4, 0.5) is 0 Å². The zero-order valence-electron chi connectivity index (χ0n) is 17.1. The van der Waals surface area contributed by atoms with Crippen molar-refractivity contribution in [2.75, 3.05) is 0 Å². The summed E-state index contributed by atoms with van der Waals surface area (Å²) in [6.45, 7) is 4.24. The van der Waals surface area contributed by atoms with Crippen molar-refractivity contribution in [3.05, 3.63) is 29.3 Å². The fourth-order valence-electron chi connectivity index (χ4n) is 3.31. The third-order valence-corrected chi connectivity index (χ3v) is 5.67. The van der Waals surface area contributed by atoms with Gasteiger partial charge in [0.25, 0.3) is 0 Å². The van der Waals surface area contributed by atoms with Crippen molar-refractivity contribution in [1.82, 2.24) is 0 Å². The second-order valence-corrected chi connectivity index (χ2v) is 8.43. The molecule has 1 aromatic carbocycles. The van der Waals surface area contributed by atoms with Crippen LogP contribution in [0.2, 0.25) is 0 Å². The Morgan fingerprint density at radius 1 is 0.769 bits per heavy atom. The molecule has 5 heteroatoms. The third-order valence-electron chi connectivity index (χ3n) is 4.73. The first-order chi connectivity index (χ1) is 12.0.